The molecule has 0 saturated carbocycles. The van der Waals surface area contributed by atoms with Crippen molar-refractivity contribution in [3.05, 3.63) is 42.0 Å². The third kappa shape index (κ3) is 3.38. The summed E-state index contributed by atoms with van der Waals surface area (Å²) in [5, 5.41) is 3.23. The lowest BCUT2D eigenvalue weighted by Gasteiger charge is -2.16. The predicted octanol–water partition coefficient (Wildman–Crippen LogP) is 0.966. The van der Waals surface area contributed by atoms with Crippen molar-refractivity contribution < 1.29 is 4.74 Å². The van der Waals surface area contributed by atoms with Gasteiger partial charge in [0.05, 0.1) is 18.8 Å². The first-order valence-corrected chi connectivity index (χ1v) is 5.96. The van der Waals surface area contributed by atoms with E-state index in [4.69, 9.17) is 10.5 Å². The number of nitrogens with one attached hydrogen (secondary N) is 1. The lowest BCUT2D eigenvalue weighted by atomic mass is 10.0. The number of likely N-dealkylation sites (N-methyl/N-ethyl adjacent to an activating group) is 1. The van der Waals surface area contributed by atoms with Gasteiger partial charge in [0, 0.05) is 12.3 Å². The molecule has 0 aromatic carbocycles. The van der Waals surface area contributed by atoms with Crippen molar-refractivity contribution in [2.45, 2.75) is 12.5 Å². The summed E-state index contributed by atoms with van der Waals surface area (Å²) < 4.78 is 5.11. The highest BCUT2D eigenvalue weighted by Crippen LogP contribution is 2.19. The molecule has 0 aliphatic heterocycles. The molecule has 19 heavy (non-hydrogen) atoms. The molecule has 0 fully saturated rings. The number of ether oxygens (including phenoxy) is 1. The zero-order valence-corrected chi connectivity index (χ0v) is 11.0. The quantitative estimate of drug-likeness (QED) is 0.832. The molecular weight excluding hydrogens is 242 g/mol. The first kappa shape index (κ1) is 13.2. The molecule has 1 unspecified atom stereocenters. The van der Waals surface area contributed by atoms with E-state index in [1.54, 1.807) is 13.3 Å². The summed E-state index contributed by atoms with van der Waals surface area (Å²) in [4.78, 5) is 12.3. The largest absolute Gasteiger partial charge is 0.481 e. The third-order valence-corrected chi connectivity index (χ3v) is 2.86. The van der Waals surface area contributed by atoms with Crippen LogP contribution in [0.4, 0.5) is 5.82 Å². The lowest BCUT2D eigenvalue weighted by molar-refractivity contribution is 0.394. The van der Waals surface area contributed by atoms with Crippen LogP contribution in [0, 0.1) is 0 Å². The van der Waals surface area contributed by atoms with Crippen LogP contribution in [0.25, 0.3) is 0 Å². The Labute approximate surface area is 112 Å². The van der Waals surface area contributed by atoms with Crippen molar-refractivity contribution >= 4 is 5.82 Å². The maximum Gasteiger partial charge on any atom is 0.216 e. The number of anilines is 1. The van der Waals surface area contributed by atoms with Crippen LogP contribution >= 0.6 is 0 Å². The zero-order chi connectivity index (χ0) is 13.7. The molecule has 2 aromatic heterocycles. The second-order valence-electron chi connectivity index (χ2n) is 4.12. The van der Waals surface area contributed by atoms with Gasteiger partial charge in [0.2, 0.25) is 5.88 Å². The van der Waals surface area contributed by atoms with E-state index in [-0.39, 0.29) is 6.04 Å². The fourth-order valence-corrected chi connectivity index (χ4v) is 1.87. The minimum Gasteiger partial charge on any atom is -0.481 e. The Morgan fingerprint density at radius 1 is 1.32 bits per heavy atom. The van der Waals surface area contributed by atoms with Gasteiger partial charge in [-0.2, -0.15) is 0 Å². The van der Waals surface area contributed by atoms with Gasteiger partial charge in [-0.05, 0) is 31.2 Å². The fraction of sp³-hybridized carbons (Fsp3) is 0.308. The van der Waals surface area contributed by atoms with Gasteiger partial charge in [0.15, 0.2) is 0 Å². The highest BCUT2D eigenvalue weighted by atomic mass is 16.5. The van der Waals surface area contributed by atoms with Crippen LogP contribution in [0.5, 0.6) is 5.88 Å². The molecule has 100 valence electrons. The topological polar surface area (TPSA) is 86.0 Å². The standard InChI is InChI=1S/C13H17N5O/c1-15-10(5-9-3-4-16-12(14)6-9)11-7-13(19-2)18-8-17-11/h3-4,6-8,10,15H,5H2,1-2H3,(H2,14,16). The number of nitrogen functional groups attached to an aromatic ring is 1. The Balaban J connectivity index is 2.19. The van der Waals surface area contributed by atoms with Crippen LogP contribution in [0.1, 0.15) is 17.3 Å². The Morgan fingerprint density at radius 3 is 2.84 bits per heavy atom. The third-order valence-electron chi connectivity index (χ3n) is 2.86. The molecule has 0 aliphatic rings. The van der Waals surface area contributed by atoms with Crippen molar-refractivity contribution in [3.8, 4) is 5.88 Å². The number of nitrogens with two attached hydrogens (primary N) is 1. The van der Waals surface area contributed by atoms with Crippen LogP contribution in [-0.4, -0.2) is 29.1 Å². The molecule has 0 saturated heterocycles. The normalized spacial score (nSPS) is 12.1. The summed E-state index contributed by atoms with van der Waals surface area (Å²) in [6.45, 7) is 0. The summed E-state index contributed by atoms with van der Waals surface area (Å²) in [6, 6.07) is 5.70. The van der Waals surface area contributed by atoms with E-state index in [9.17, 15) is 0 Å². The van der Waals surface area contributed by atoms with Gasteiger partial charge in [-0.25, -0.2) is 15.0 Å². The minimum absolute atomic E-state index is 0.0682. The molecule has 0 amide bonds. The van der Waals surface area contributed by atoms with E-state index in [0.717, 1.165) is 17.7 Å². The number of aromatic nitrogens is 3. The predicted molar refractivity (Wildman–Crippen MR) is 72.7 cm³/mol. The fourth-order valence-electron chi connectivity index (χ4n) is 1.87. The van der Waals surface area contributed by atoms with Gasteiger partial charge in [0.25, 0.3) is 0 Å². The van der Waals surface area contributed by atoms with E-state index in [2.05, 4.69) is 20.3 Å². The first-order chi connectivity index (χ1) is 9.22. The lowest BCUT2D eigenvalue weighted by Crippen LogP contribution is -2.20. The molecule has 2 aromatic rings. The highest BCUT2D eigenvalue weighted by Gasteiger charge is 2.13. The zero-order valence-electron chi connectivity index (χ0n) is 11.0. The molecule has 6 heteroatoms. The molecule has 0 spiro atoms. The summed E-state index contributed by atoms with van der Waals surface area (Å²) in [5.41, 5.74) is 7.66. The molecule has 0 aliphatic carbocycles. The number of methoxy groups -OCH3 is 1. The SMILES string of the molecule is CNC(Cc1ccnc(N)c1)c1cc(OC)ncn1. The van der Waals surface area contributed by atoms with Crippen LogP contribution < -0.4 is 15.8 Å². The van der Waals surface area contributed by atoms with Crippen LogP contribution in [-0.2, 0) is 6.42 Å². The van der Waals surface area contributed by atoms with Crippen molar-refractivity contribution in [2.75, 3.05) is 19.9 Å². The van der Waals surface area contributed by atoms with Crippen molar-refractivity contribution in [2.24, 2.45) is 0 Å². The first-order valence-electron chi connectivity index (χ1n) is 5.96. The van der Waals surface area contributed by atoms with Crippen LogP contribution in [0.15, 0.2) is 30.7 Å². The smallest absolute Gasteiger partial charge is 0.216 e. The molecule has 0 radical (unpaired) electrons. The van der Waals surface area contributed by atoms with Gasteiger partial charge >= 0.3 is 0 Å². The summed E-state index contributed by atoms with van der Waals surface area (Å²) in [5.74, 6) is 1.08. The Kier molecular flexibility index (Phi) is 4.25. The maximum absolute atomic E-state index is 5.68. The van der Waals surface area contributed by atoms with Gasteiger partial charge in [-0.15, -0.1) is 0 Å². The molecule has 2 heterocycles. The number of nitrogens with zero attached hydrogens (tertiary/aromatic N) is 3. The van der Waals surface area contributed by atoms with Crippen molar-refractivity contribution in [3.63, 3.8) is 0 Å². The second-order valence-corrected chi connectivity index (χ2v) is 4.12. The monoisotopic (exact) mass is 259 g/mol. The molecule has 6 nitrogen and oxygen atoms in total. The van der Waals surface area contributed by atoms with E-state index < -0.39 is 0 Å². The van der Waals surface area contributed by atoms with Crippen LogP contribution in [0.2, 0.25) is 0 Å². The second kappa shape index (κ2) is 6.10. The molecule has 2 rings (SSSR count). The van der Waals surface area contributed by atoms with E-state index in [0.29, 0.717) is 11.7 Å². The average molecular weight is 259 g/mol. The van der Waals surface area contributed by atoms with Crippen molar-refractivity contribution in [1.82, 2.24) is 20.3 Å². The molecule has 3 N–H and O–H groups in total. The molecule has 0 bridgehead atoms. The molecule has 1 atom stereocenters. The average Bonchev–Trinajstić information content (AvgIpc) is 2.45. The Bertz CT molecular complexity index is 546. The summed E-state index contributed by atoms with van der Waals surface area (Å²) >= 11 is 0. The summed E-state index contributed by atoms with van der Waals surface area (Å²) in [6.07, 6.45) is 3.97. The minimum atomic E-state index is 0.0682. The van der Waals surface area contributed by atoms with E-state index in [1.165, 1.54) is 6.33 Å². The summed E-state index contributed by atoms with van der Waals surface area (Å²) in [7, 11) is 3.48. The molecular formula is C13H17N5O. The number of hydrogen-bond donors (Lipinski definition) is 2. The van der Waals surface area contributed by atoms with Crippen LogP contribution in [0.3, 0.4) is 0 Å². The Morgan fingerprint density at radius 2 is 2.16 bits per heavy atom. The van der Waals surface area contributed by atoms with Crippen molar-refractivity contribution in [1.29, 1.82) is 0 Å². The van der Waals surface area contributed by atoms with E-state index >= 15 is 0 Å². The number of hydrogen-bond acceptors (Lipinski definition) is 6. The number of rotatable bonds is 5. The van der Waals surface area contributed by atoms with Gasteiger partial charge in [0.1, 0.15) is 12.1 Å². The van der Waals surface area contributed by atoms with Gasteiger partial charge in [-0.1, -0.05) is 0 Å². The highest BCUT2D eigenvalue weighted by molar-refractivity contribution is 5.33. The van der Waals surface area contributed by atoms with Gasteiger partial charge < -0.3 is 15.8 Å². The number of pyridine rings is 1. The maximum atomic E-state index is 5.68. The Hall–Kier alpha value is -2.21. The van der Waals surface area contributed by atoms with E-state index in [1.807, 2.05) is 25.2 Å². The van der Waals surface area contributed by atoms with Gasteiger partial charge in [-0.3, -0.25) is 0 Å².